The lowest BCUT2D eigenvalue weighted by molar-refractivity contribution is 0.393. The van der Waals surface area contributed by atoms with Gasteiger partial charge in [-0.2, -0.15) is 4.98 Å². The number of aromatic nitrogens is 3. The van der Waals surface area contributed by atoms with Crippen molar-refractivity contribution in [1.29, 1.82) is 0 Å². The Morgan fingerprint density at radius 3 is 2.64 bits per heavy atom. The Morgan fingerprint density at radius 1 is 1.12 bits per heavy atom. The van der Waals surface area contributed by atoms with Crippen LogP contribution >= 0.6 is 0 Å². The smallest absolute Gasteiger partial charge is 0.222 e. The summed E-state index contributed by atoms with van der Waals surface area (Å²) < 4.78 is 5.32. The van der Waals surface area contributed by atoms with Gasteiger partial charge in [0, 0.05) is 17.0 Å². The highest BCUT2D eigenvalue weighted by Crippen LogP contribution is 2.32. The van der Waals surface area contributed by atoms with Gasteiger partial charge >= 0.3 is 0 Å². The van der Waals surface area contributed by atoms with Crippen molar-refractivity contribution in [3.05, 3.63) is 29.7 Å². The van der Waals surface area contributed by atoms with Crippen LogP contribution < -0.4 is 11.1 Å². The van der Waals surface area contributed by atoms with Gasteiger partial charge in [0.15, 0.2) is 0 Å². The molecule has 0 unspecified atom stereocenters. The lowest BCUT2D eigenvalue weighted by Crippen LogP contribution is -2.23. The van der Waals surface area contributed by atoms with E-state index in [-0.39, 0.29) is 0 Å². The van der Waals surface area contributed by atoms with E-state index in [1.165, 1.54) is 32.1 Å². The lowest BCUT2D eigenvalue weighted by atomic mass is 9.95. The van der Waals surface area contributed by atoms with E-state index < -0.39 is 0 Å². The van der Waals surface area contributed by atoms with Crippen molar-refractivity contribution >= 4 is 22.7 Å². The summed E-state index contributed by atoms with van der Waals surface area (Å²) in [7, 11) is 0. The van der Waals surface area contributed by atoms with Gasteiger partial charge in [-0.3, -0.25) is 0 Å². The van der Waals surface area contributed by atoms with Crippen LogP contribution in [0.1, 0.15) is 43.6 Å². The molecule has 0 amide bonds. The van der Waals surface area contributed by atoms with Gasteiger partial charge < -0.3 is 15.6 Å². The van der Waals surface area contributed by atoms with Crippen LogP contribution in [0.5, 0.6) is 0 Å². The molecule has 1 aliphatic rings. The Kier molecular flexibility index (Phi) is 4.03. The third-order valence-electron chi connectivity index (χ3n) is 4.98. The van der Waals surface area contributed by atoms with Gasteiger partial charge in [-0.1, -0.05) is 30.5 Å². The molecule has 1 fully saturated rings. The SMILES string of the molecule is Cc1noc(C)c1-c1ccc2nc(N)nc(NC3CCCCC3)c2c1. The van der Waals surface area contributed by atoms with Gasteiger partial charge in [0.2, 0.25) is 5.95 Å². The van der Waals surface area contributed by atoms with Crippen LogP contribution in [0.15, 0.2) is 22.7 Å². The fourth-order valence-corrected chi connectivity index (χ4v) is 3.75. The summed E-state index contributed by atoms with van der Waals surface area (Å²) in [4.78, 5) is 8.86. The molecule has 1 aliphatic carbocycles. The lowest BCUT2D eigenvalue weighted by Gasteiger charge is -2.24. The minimum Gasteiger partial charge on any atom is -0.368 e. The van der Waals surface area contributed by atoms with Gasteiger partial charge in [0.25, 0.3) is 0 Å². The van der Waals surface area contributed by atoms with E-state index in [9.17, 15) is 0 Å². The van der Waals surface area contributed by atoms with Crippen LogP contribution in [0.25, 0.3) is 22.0 Å². The molecule has 25 heavy (non-hydrogen) atoms. The normalized spacial score (nSPS) is 15.6. The van der Waals surface area contributed by atoms with E-state index in [1.54, 1.807) is 0 Å². The molecule has 6 nitrogen and oxygen atoms in total. The molecule has 4 rings (SSSR count). The quantitative estimate of drug-likeness (QED) is 0.743. The highest BCUT2D eigenvalue weighted by atomic mass is 16.5. The molecular weight excluding hydrogens is 314 g/mol. The Hall–Kier alpha value is -2.63. The van der Waals surface area contributed by atoms with Crippen LogP contribution in [-0.4, -0.2) is 21.2 Å². The van der Waals surface area contributed by atoms with Gasteiger partial charge in [0.1, 0.15) is 11.6 Å². The summed E-state index contributed by atoms with van der Waals surface area (Å²) in [6.07, 6.45) is 6.20. The number of hydrogen-bond donors (Lipinski definition) is 2. The summed E-state index contributed by atoms with van der Waals surface area (Å²) in [6.45, 7) is 3.89. The van der Waals surface area contributed by atoms with E-state index in [2.05, 4.69) is 26.5 Å². The Labute approximate surface area is 146 Å². The number of nitrogens with one attached hydrogen (secondary N) is 1. The fourth-order valence-electron chi connectivity index (χ4n) is 3.75. The topological polar surface area (TPSA) is 89.9 Å². The molecule has 0 bridgehead atoms. The maximum atomic E-state index is 5.92. The number of nitrogen functional groups attached to an aromatic ring is 1. The number of rotatable bonds is 3. The van der Waals surface area contributed by atoms with Gasteiger partial charge in [-0.15, -0.1) is 0 Å². The van der Waals surface area contributed by atoms with Gasteiger partial charge in [0.05, 0.1) is 11.2 Å². The van der Waals surface area contributed by atoms with Gasteiger partial charge in [-0.05, 0) is 44.4 Å². The third kappa shape index (κ3) is 3.04. The number of fused-ring (bicyclic) bond motifs is 1. The average Bonchev–Trinajstić information content (AvgIpc) is 2.94. The van der Waals surface area contributed by atoms with Crippen LogP contribution in [0.3, 0.4) is 0 Å². The number of nitrogens with zero attached hydrogens (tertiary/aromatic N) is 3. The van der Waals surface area contributed by atoms with E-state index >= 15 is 0 Å². The molecule has 0 aliphatic heterocycles. The molecule has 0 spiro atoms. The summed E-state index contributed by atoms with van der Waals surface area (Å²) in [5.41, 5.74) is 9.75. The van der Waals surface area contributed by atoms with Crippen LogP contribution in [-0.2, 0) is 0 Å². The predicted octanol–water partition coefficient (Wildman–Crippen LogP) is 4.23. The zero-order valence-corrected chi connectivity index (χ0v) is 14.7. The first-order valence-electron chi connectivity index (χ1n) is 8.89. The zero-order chi connectivity index (χ0) is 17.4. The number of hydrogen-bond acceptors (Lipinski definition) is 6. The van der Waals surface area contributed by atoms with Crippen molar-refractivity contribution in [2.75, 3.05) is 11.1 Å². The average molecular weight is 337 g/mol. The molecule has 2 heterocycles. The van der Waals surface area contributed by atoms with Crippen LogP contribution in [0, 0.1) is 13.8 Å². The van der Waals surface area contributed by atoms with E-state index in [4.69, 9.17) is 10.3 Å². The number of anilines is 2. The number of nitrogens with two attached hydrogens (primary N) is 1. The first-order valence-corrected chi connectivity index (χ1v) is 8.89. The second kappa shape index (κ2) is 6.35. The maximum Gasteiger partial charge on any atom is 0.222 e. The summed E-state index contributed by atoms with van der Waals surface area (Å²) in [6, 6.07) is 6.58. The zero-order valence-electron chi connectivity index (χ0n) is 14.7. The number of aryl methyl sites for hydroxylation is 2. The van der Waals surface area contributed by atoms with Crippen LogP contribution in [0.4, 0.5) is 11.8 Å². The van der Waals surface area contributed by atoms with E-state index in [0.29, 0.717) is 12.0 Å². The largest absolute Gasteiger partial charge is 0.368 e. The molecule has 6 heteroatoms. The van der Waals surface area contributed by atoms with Crippen molar-refractivity contribution in [2.24, 2.45) is 0 Å². The Bertz CT molecular complexity index is 892. The molecule has 3 aromatic rings. The van der Waals surface area contributed by atoms with E-state index in [0.717, 1.165) is 39.3 Å². The fraction of sp³-hybridized carbons (Fsp3) is 0.421. The minimum absolute atomic E-state index is 0.302. The molecule has 3 N–H and O–H groups in total. The highest BCUT2D eigenvalue weighted by Gasteiger charge is 2.17. The van der Waals surface area contributed by atoms with E-state index in [1.807, 2.05) is 26.0 Å². The number of benzene rings is 1. The highest BCUT2D eigenvalue weighted by molar-refractivity contribution is 5.93. The van der Waals surface area contributed by atoms with Crippen molar-refractivity contribution in [3.8, 4) is 11.1 Å². The van der Waals surface area contributed by atoms with Gasteiger partial charge in [-0.25, -0.2) is 4.98 Å². The molecule has 1 aromatic carbocycles. The molecule has 0 radical (unpaired) electrons. The van der Waals surface area contributed by atoms with Crippen molar-refractivity contribution in [2.45, 2.75) is 52.0 Å². The summed E-state index contributed by atoms with van der Waals surface area (Å²) in [5.74, 6) is 1.94. The maximum absolute atomic E-state index is 5.92. The Balaban J connectivity index is 1.79. The van der Waals surface area contributed by atoms with Crippen molar-refractivity contribution < 1.29 is 4.52 Å². The first kappa shape index (κ1) is 15.9. The summed E-state index contributed by atoms with van der Waals surface area (Å²) in [5, 5.41) is 8.64. The standard InChI is InChI=1S/C19H23N5O/c1-11-17(12(2)25-24-11)13-8-9-16-15(10-13)18(23-19(20)22-16)21-14-6-4-3-5-7-14/h8-10,14H,3-7H2,1-2H3,(H3,20,21,22,23). The monoisotopic (exact) mass is 337 g/mol. The third-order valence-corrected chi connectivity index (χ3v) is 4.98. The molecule has 0 saturated heterocycles. The predicted molar refractivity (Wildman–Crippen MR) is 99.4 cm³/mol. The Morgan fingerprint density at radius 2 is 1.92 bits per heavy atom. The molecular formula is C19H23N5O. The second-order valence-electron chi connectivity index (χ2n) is 6.84. The molecule has 2 aromatic heterocycles. The molecule has 1 saturated carbocycles. The van der Waals surface area contributed by atoms with Crippen LogP contribution in [0.2, 0.25) is 0 Å². The summed E-state index contributed by atoms with van der Waals surface area (Å²) >= 11 is 0. The van der Waals surface area contributed by atoms with Crippen molar-refractivity contribution in [3.63, 3.8) is 0 Å². The first-order chi connectivity index (χ1) is 12.1. The molecule has 130 valence electrons. The molecule has 0 atom stereocenters. The van der Waals surface area contributed by atoms with Crippen molar-refractivity contribution in [1.82, 2.24) is 15.1 Å². The minimum atomic E-state index is 0.302. The second-order valence-corrected chi connectivity index (χ2v) is 6.84.